The van der Waals surface area contributed by atoms with Crippen molar-refractivity contribution in [2.45, 2.75) is 37.6 Å². The zero-order valence-electron chi connectivity index (χ0n) is 15.7. The van der Waals surface area contributed by atoms with E-state index in [1.165, 1.54) is 28.6 Å². The largest absolute Gasteiger partial charge is 0.379 e. The van der Waals surface area contributed by atoms with Crippen LogP contribution in [0.2, 0.25) is 0 Å². The topological polar surface area (TPSA) is 105 Å². The van der Waals surface area contributed by atoms with Crippen molar-refractivity contribution >= 4 is 21.8 Å². The second-order valence-electron chi connectivity index (χ2n) is 6.42. The molecule has 2 N–H and O–H groups in total. The van der Waals surface area contributed by atoms with Gasteiger partial charge >= 0.3 is 0 Å². The summed E-state index contributed by atoms with van der Waals surface area (Å²) in [6, 6.07) is 5.91. The molecule has 9 heteroatoms. The monoisotopic (exact) mass is 397 g/mol. The normalized spacial score (nSPS) is 16.5. The SMILES string of the molecule is CCC(C)NC(=O)CCNC(=O)c1ccc(S(=O)(=O)N2CCOCC2)cc1. The van der Waals surface area contributed by atoms with Crippen LogP contribution < -0.4 is 10.6 Å². The van der Waals surface area contributed by atoms with Crippen molar-refractivity contribution in [3.63, 3.8) is 0 Å². The predicted molar refractivity (Wildman–Crippen MR) is 101 cm³/mol. The third kappa shape index (κ3) is 6.02. The summed E-state index contributed by atoms with van der Waals surface area (Å²) in [5, 5.41) is 5.49. The maximum Gasteiger partial charge on any atom is 0.251 e. The van der Waals surface area contributed by atoms with Crippen molar-refractivity contribution in [2.75, 3.05) is 32.8 Å². The van der Waals surface area contributed by atoms with Gasteiger partial charge in [-0.25, -0.2) is 8.42 Å². The van der Waals surface area contributed by atoms with Gasteiger partial charge in [-0.3, -0.25) is 9.59 Å². The Kier molecular flexibility index (Phi) is 7.76. The average Bonchev–Trinajstić information content (AvgIpc) is 2.68. The van der Waals surface area contributed by atoms with Gasteiger partial charge in [-0.2, -0.15) is 4.31 Å². The third-order valence-corrected chi connectivity index (χ3v) is 6.29. The van der Waals surface area contributed by atoms with Crippen molar-refractivity contribution in [1.29, 1.82) is 0 Å². The molecule has 0 saturated carbocycles. The summed E-state index contributed by atoms with van der Waals surface area (Å²) in [4.78, 5) is 24.0. The Hall–Kier alpha value is -1.97. The maximum atomic E-state index is 12.6. The minimum atomic E-state index is -3.58. The molecule has 2 amide bonds. The van der Waals surface area contributed by atoms with Crippen LogP contribution in [0.15, 0.2) is 29.2 Å². The van der Waals surface area contributed by atoms with Crippen LogP contribution in [0.5, 0.6) is 0 Å². The van der Waals surface area contributed by atoms with E-state index in [2.05, 4.69) is 10.6 Å². The number of morpholine rings is 1. The van der Waals surface area contributed by atoms with E-state index in [4.69, 9.17) is 4.74 Å². The van der Waals surface area contributed by atoms with Gasteiger partial charge < -0.3 is 15.4 Å². The molecule has 0 aromatic heterocycles. The van der Waals surface area contributed by atoms with Crippen LogP contribution >= 0.6 is 0 Å². The van der Waals surface area contributed by atoms with E-state index in [1.807, 2.05) is 13.8 Å². The Bertz CT molecular complexity index is 743. The molecule has 8 nitrogen and oxygen atoms in total. The van der Waals surface area contributed by atoms with Crippen molar-refractivity contribution in [3.8, 4) is 0 Å². The van der Waals surface area contributed by atoms with Gasteiger partial charge in [0.05, 0.1) is 18.1 Å². The van der Waals surface area contributed by atoms with Crippen LogP contribution in [0.1, 0.15) is 37.0 Å². The van der Waals surface area contributed by atoms with Crippen LogP contribution in [0.4, 0.5) is 0 Å². The van der Waals surface area contributed by atoms with Crippen LogP contribution in [0.3, 0.4) is 0 Å². The first-order valence-electron chi connectivity index (χ1n) is 9.10. The number of nitrogens with zero attached hydrogens (tertiary/aromatic N) is 1. The first-order chi connectivity index (χ1) is 12.8. The number of hydrogen-bond donors (Lipinski definition) is 2. The highest BCUT2D eigenvalue weighted by atomic mass is 32.2. The Morgan fingerprint density at radius 3 is 2.41 bits per heavy atom. The van der Waals surface area contributed by atoms with Gasteiger partial charge in [-0.1, -0.05) is 6.92 Å². The zero-order chi connectivity index (χ0) is 19.9. The van der Waals surface area contributed by atoms with Gasteiger partial charge in [0.25, 0.3) is 5.91 Å². The Morgan fingerprint density at radius 2 is 1.81 bits per heavy atom. The second-order valence-corrected chi connectivity index (χ2v) is 8.36. The predicted octanol–water partition coefficient (Wildman–Crippen LogP) is 0.742. The lowest BCUT2D eigenvalue weighted by atomic mass is 10.2. The van der Waals surface area contributed by atoms with Crippen LogP contribution in [0, 0.1) is 0 Å². The van der Waals surface area contributed by atoms with Crippen LogP contribution in [-0.4, -0.2) is 63.4 Å². The van der Waals surface area contributed by atoms with E-state index in [-0.39, 0.29) is 35.7 Å². The molecular formula is C18H27N3O5S. The molecule has 1 saturated heterocycles. The molecule has 150 valence electrons. The first kappa shape index (κ1) is 21.3. The minimum absolute atomic E-state index is 0.106. The summed E-state index contributed by atoms with van der Waals surface area (Å²) < 4.78 is 31.7. The van der Waals surface area contributed by atoms with E-state index in [1.54, 1.807) is 0 Å². The molecule has 27 heavy (non-hydrogen) atoms. The van der Waals surface area contributed by atoms with Gasteiger partial charge in [0.15, 0.2) is 0 Å². The highest BCUT2D eigenvalue weighted by Crippen LogP contribution is 2.17. The molecule has 1 aromatic rings. The molecule has 1 aliphatic heterocycles. The van der Waals surface area contributed by atoms with Crippen molar-refractivity contribution < 1.29 is 22.7 Å². The molecule has 1 fully saturated rings. The van der Waals surface area contributed by atoms with Crippen molar-refractivity contribution in [1.82, 2.24) is 14.9 Å². The molecule has 0 spiro atoms. The Morgan fingerprint density at radius 1 is 1.19 bits per heavy atom. The molecule has 1 atom stereocenters. The number of carbonyl (C=O) groups excluding carboxylic acids is 2. The molecular weight excluding hydrogens is 370 g/mol. The number of amides is 2. The van der Waals surface area contributed by atoms with E-state index < -0.39 is 10.0 Å². The summed E-state index contributed by atoms with van der Waals surface area (Å²) >= 11 is 0. The van der Waals surface area contributed by atoms with E-state index in [9.17, 15) is 18.0 Å². The summed E-state index contributed by atoms with van der Waals surface area (Å²) in [5.41, 5.74) is 0.346. The fraction of sp³-hybridized carbons (Fsp3) is 0.556. The highest BCUT2D eigenvalue weighted by molar-refractivity contribution is 7.89. The van der Waals surface area contributed by atoms with Gasteiger partial charge in [-0.05, 0) is 37.6 Å². The summed E-state index contributed by atoms with van der Waals surface area (Å²) in [6.07, 6.45) is 1.04. The fourth-order valence-corrected chi connectivity index (χ4v) is 3.96. The quantitative estimate of drug-likeness (QED) is 0.673. The second kappa shape index (κ2) is 9.82. The third-order valence-electron chi connectivity index (χ3n) is 4.38. The number of ether oxygens (including phenoxy) is 1. The summed E-state index contributed by atoms with van der Waals surface area (Å²) in [7, 11) is -3.58. The number of rotatable bonds is 8. The number of carbonyl (C=O) groups is 2. The van der Waals surface area contributed by atoms with Gasteiger partial charge in [0.2, 0.25) is 15.9 Å². The van der Waals surface area contributed by atoms with Crippen molar-refractivity contribution in [2.24, 2.45) is 0 Å². The number of hydrogen-bond acceptors (Lipinski definition) is 5. The molecule has 0 bridgehead atoms. The number of sulfonamides is 1. The lowest BCUT2D eigenvalue weighted by Crippen LogP contribution is -2.40. The highest BCUT2D eigenvalue weighted by Gasteiger charge is 2.26. The first-order valence-corrected chi connectivity index (χ1v) is 10.5. The maximum absolute atomic E-state index is 12.6. The number of nitrogens with one attached hydrogen (secondary N) is 2. The van der Waals surface area contributed by atoms with E-state index in [0.717, 1.165) is 6.42 Å². The standard InChI is InChI=1S/C18H27N3O5S/c1-3-14(2)20-17(22)8-9-19-18(23)15-4-6-16(7-5-15)27(24,25)21-10-12-26-13-11-21/h4-7,14H,3,8-13H2,1-2H3,(H,19,23)(H,20,22). The van der Waals surface area contributed by atoms with E-state index >= 15 is 0 Å². The molecule has 0 aliphatic carbocycles. The lowest BCUT2D eigenvalue weighted by molar-refractivity contribution is -0.121. The smallest absolute Gasteiger partial charge is 0.251 e. The van der Waals surface area contributed by atoms with Gasteiger partial charge in [0, 0.05) is 37.7 Å². The fourth-order valence-electron chi connectivity index (χ4n) is 2.55. The van der Waals surface area contributed by atoms with Crippen LogP contribution in [0.25, 0.3) is 0 Å². The lowest BCUT2D eigenvalue weighted by Gasteiger charge is -2.26. The average molecular weight is 397 g/mol. The zero-order valence-corrected chi connectivity index (χ0v) is 16.5. The molecule has 1 heterocycles. The Balaban J connectivity index is 1.88. The van der Waals surface area contributed by atoms with Gasteiger partial charge in [-0.15, -0.1) is 0 Å². The van der Waals surface area contributed by atoms with Crippen LogP contribution in [-0.2, 0) is 19.6 Å². The van der Waals surface area contributed by atoms with Crippen molar-refractivity contribution in [3.05, 3.63) is 29.8 Å². The van der Waals surface area contributed by atoms with E-state index in [0.29, 0.717) is 31.9 Å². The van der Waals surface area contributed by atoms with Gasteiger partial charge in [0.1, 0.15) is 0 Å². The number of benzene rings is 1. The summed E-state index contributed by atoms with van der Waals surface area (Å²) in [5.74, 6) is -0.460. The molecule has 1 unspecified atom stereocenters. The summed E-state index contributed by atoms with van der Waals surface area (Å²) in [6.45, 7) is 5.52. The Labute approximate surface area is 160 Å². The molecule has 1 aromatic carbocycles. The minimum Gasteiger partial charge on any atom is -0.379 e. The molecule has 0 radical (unpaired) electrons. The molecule has 2 rings (SSSR count). The molecule has 1 aliphatic rings.